The molecule has 0 atom stereocenters. The van der Waals surface area contributed by atoms with Gasteiger partial charge in [0.1, 0.15) is 5.75 Å². The van der Waals surface area contributed by atoms with Crippen LogP contribution in [0.15, 0.2) is 47.8 Å². The summed E-state index contributed by atoms with van der Waals surface area (Å²) in [6.45, 7) is 1.27. The van der Waals surface area contributed by atoms with Crippen molar-refractivity contribution in [3.63, 3.8) is 0 Å². The highest BCUT2D eigenvalue weighted by Gasteiger charge is 2.08. The van der Waals surface area contributed by atoms with Gasteiger partial charge in [-0.15, -0.1) is 11.3 Å². The van der Waals surface area contributed by atoms with E-state index in [2.05, 4.69) is 33.2 Å². The lowest BCUT2D eigenvalue weighted by atomic mass is 10.1. The zero-order chi connectivity index (χ0) is 17.1. The van der Waals surface area contributed by atoms with Gasteiger partial charge in [0.2, 0.25) is 0 Å². The second-order valence-corrected chi connectivity index (χ2v) is 6.24. The largest absolute Gasteiger partial charge is 0.435 e. The molecule has 0 radical (unpaired) electrons. The quantitative estimate of drug-likeness (QED) is 0.636. The van der Waals surface area contributed by atoms with Gasteiger partial charge in [-0.25, -0.2) is 4.98 Å². The third kappa shape index (κ3) is 3.89. The van der Waals surface area contributed by atoms with Gasteiger partial charge in [-0.3, -0.25) is 0 Å². The van der Waals surface area contributed by atoms with Crippen LogP contribution in [0.3, 0.4) is 0 Å². The second-order valence-electron chi connectivity index (χ2n) is 5.38. The lowest BCUT2D eigenvalue weighted by Crippen LogP contribution is -2.01. The van der Waals surface area contributed by atoms with E-state index in [9.17, 15) is 8.78 Å². The summed E-state index contributed by atoms with van der Waals surface area (Å²) in [6, 6.07) is 12.7. The van der Waals surface area contributed by atoms with Crippen molar-refractivity contribution >= 4 is 22.2 Å². The molecule has 3 rings (SSSR count). The van der Waals surface area contributed by atoms with Gasteiger partial charge in [0.15, 0.2) is 5.13 Å². The topological polar surface area (TPSA) is 34.2 Å². The highest BCUT2D eigenvalue weighted by Crippen LogP contribution is 2.29. The van der Waals surface area contributed by atoms with Gasteiger partial charge in [0, 0.05) is 16.6 Å². The SMILES string of the molecule is Cc1ccc(C)c(Nc2nc(-c3ccc(OC(F)F)cc3)cs2)c1. The number of nitrogens with zero attached hydrogens (tertiary/aromatic N) is 1. The van der Waals surface area contributed by atoms with Crippen LogP contribution < -0.4 is 10.1 Å². The molecule has 6 heteroatoms. The Morgan fingerprint density at radius 3 is 2.54 bits per heavy atom. The fraction of sp³-hybridized carbons (Fsp3) is 0.167. The molecule has 0 saturated carbocycles. The lowest BCUT2D eigenvalue weighted by Gasteiger charge is -2.07. The van der Waals surface area contributed by atoms with Crippen LogP contribution in [0.2, 0.25) is 0 Å². The molecule has 0 aliphatic carbocycles. The lowest BCUT2D eigenvalue weighted by molar-refractivity contribution is -0.0498. The molecule has 3 aromatic rings. The molecule has 2 aromatic carbocycles. The van der Waals surface area contributed by atoms with Crippen LogP contribution in [0.25, 0.3) is 11.3 Å². The number of aryl methyl sites for hydroxylation is 2. The van der Waals surface area contributed by atoms with E-state index in [-0.39, 0.29) is 5.75 Å². The van der Waals surface area contributed by atoms with Gasteiger partial charge in [-0.05, 0) is 55.3 Å². The summed E-state index contributed by atoms with van der Waals surface area (Å²) in [4.78, 5) is 4.56. The van der Waals surface area contributed by atoms with Crippen LogP contribution in [0.1, 0.15) is 11.1 Å². The smallest absolute Gasteiger partial charge is 0.387 e. The molecule has 0 aliphatic heterocycles. The van der Waals surface area contributed by atoms with Crippen molar-refractivity contribution in [1.29, 1.82) is 0 Å². The number of benzene rings is 2. The molecule has 1 aromatic heterocycles. The first kappa shape index (κ1) is 16.4. The van der Waals surface area contributed by atoms with Gasteiger partial charge < -0.3 is 10.1 Å². The molecule has 0 amide bonds. The number of anilines is 2. The Morgan fingerprint density at radius 1 is 1.08 bits per heavy atom. The van der Waals surface area contributed by atoms with Crippen LogP contribution in [0.5, 0.6) is 5.75 Å². The van der Waals surface area contributed by atoms with E-state index >= 15 is 0 Å². The van der Waals surface area contributed by atoms with Gasteiger partial charge in [0.05, 0.1) is 5.69 Å². The van der Waals surface area contributed by atoms with Crippen LogP contribution in [0, 0.1) is 13.8 Å². The molecule has 0 fully saturated rings. The minimum atomic E-state index is -2.82. The number of hydrogen-bond donors (Lipinski definition) is 1. The van der Waals surface area contributed by atoms with E-state index in [1.165, 1.54) is 29.0 Å². The average molecular weight is 346 g/mol. The summed E-state index contributed by atoms with van der Waals surface area (Å²) in [7, 11) is 0. The standard InChI is InChI=1S/C18H16F2N2OS/c1-11-3-4-12(2)15(9-11)21-18-22-16(10-24-18)13-5-7-14(8-6-13)23-17(19)20/h3-10,17H,1-2H3,(H,21,22). The molecular weight excluding hydrogens is 330 g/mol. The Kier molecular flexibility index (Phi) is 4.76. The van der Waals surface area contributed by atoms with E-state index in [4.69, 9.17) is 0 Å². The number of thiazole rings is 1. The molecule has 0 spiro atoms. The summed E-state index contributed by atoms with van der Waals surface area (Å²) < 4.78 is 28.7. The van der Waals surface area contributed by atoms with Crippen molar-refractivity contribution in [2.45, 2.75) is 20.5 Å². The molecular formula is C18H16F2N2OS. The number of alkyl halides is 2. The second kappa shape index (κ2) is 6.97. The molecule has 124 valence electrons. The van der Waals surface area contributed by atoms with Crippen LogP contribution in [0.4, 0.5) is 19.6 Å². The normalized spacial score (nSPS) is 10.9. The molecule has 1 N–H and O–H groups in total. The van der Waals surface area contributed by atoms with E-state index < -0.39 is 6.61 Å². The first-order valence-electron chi connectivity index (χ1n) is 7.36. The Bertz CT molecular complexity index is 831. The number of halogens is 2. The third-order valence-corrected chi connectivity index (χ3v) is 4.27. The van der Waals surface area contributed by atoms with Crippen molar-refractivity contribution in [2.75, 3.05) is 5.32 Å². The molecule has 24 heavy (non-hydrogen) atoms. The molecule has 0 bridgehead atoms. The Hall–Kier alpha value is -2.47. The van der Waals surface area contributed by atoms with E-state index in [0.29, 0.717) is 0 Å². The average Bonchev–Trinajstić information content (AvgIpc) is 3.00. The monoisotopic (exact) mass is 346 g/mol. The molecule has 1 heterocycles. The summed E-state index contributed by atoms with van der Waals surface area (Å²) in [6.07, 6.45) is 0. The van der Waals surface area contributed by atoms with Crippen LogP contribution in [-0.2, 0) is 0 Å². The van der Waals surface area contributed by atoms with Gasteiger partial charge >= 0.3 is 6.61 Å². The zero-order valence-corrected chi connectivity index (χ0v) is 14.0. The Labute approximate surface area is 142 Å². The van der Waals surface area contributed by atoms with Crippen molar-refractivity contribution in [3.05, 3.63) is 59.0 Å². The number of nitrogens with one attached hydrogen (secondary N) is 1. The van der Waals surface area contributed by atoms with Crippen molar-refractivity contribution in [2.24, 2.45) is 0 Å². The molecule has 0 saturated heterocycles. The maximum atomic E-state index is 12.2. The zero-order valence-electron chi connectivity index (χ0n) is 13.2. The molecule has 0 aliphatic rings. The highest BCUT2D eigenvalue weighted by atomic mass is 32.1. The Morgan fingerprint density at radius 2 is 1.83 bits per heavy atom. The molecule has 0 unspecified atom stereocenters. The number of hydrogen-bond acceptors (Lipinski definition) is 4. The third-order valence-electron chi connectivity index (χ3n) is 3.51. The fourth-order valence-electron chi connectivity index (χ4n) is 2.26. The highest BCUT2D eigenvalue weighted by molar-refractivity contribution is 7.14. The predicted molar refractivity (Wildman–Crippen MR) is 93.4 cm³/mol. The summed E-state index contributed by atoms with van der Waals surface area (Å²) in [5.41, 5.74) is 4.98. The summed E-state index contributed by atoms with van der Waals surface area (Å²) in [5.74, 6) is 0.137. The van der Waals surface area contributed by atoms with Crippen LogP contribution >= 0.6 is 11.3 Å². The first-order valence-corrected chi connectivity index (χ1v) is 8.24. The Balaban J connectivity index is 1.76. The van der Waals surface area contributed by atoms with Gasteiger partial charge in [-0.1, -0.05) is 12.1 Å². The predicted octanol–water partition coefficient (Wildman–Crippen LogP) is 5.77. The number of ether oxygens (including phenoxy) is 1. The van der Waals surface area contributed by atoms with E-state index in [1.54, 1.807) is 12.1 Å². The first-order chi connectivity index (χ1) is 11.5. The van der Waals surface area contributed by atoms with Crippen LogP contribution in [-0.4, -0.2) is 11.6 Å². The minimum absolute atomic E-state index is 0.137. The van der Waals surface area contributed by atoms with E-state index in [1.807, 2.05) is 19.2 Å². The van der Waals surface area contributed by atoms with Crippen molar-refractivity contribution < 1.29 is 13.5 Å². The summed E-state index contributed by atoms with van der Waals surface area (Å²) >= 11 is 1.50. The fourth-order valence-corrected chi connectivity index (χ4v) is 2.99. The maximum absolute atomic E-state index is 12.2. The minimum Gasteiger partial charge on any atom is -0.435 e. The van der Waals surface area contributed by atoms with Gasteiger partial charge in [0.25, 0.3) is 0 Å². The summed E-state index contributed by atoms with van der Waals surface area (Å²) in [5, 5.41) is 6.04. The molecule has 3 nitrogen and oxygen atoms in total. The van der Waals surface area contributed by atoms with Gasteiger partial charge in [-0.2, -0.15) is 8.78 Å². The van der Waals surface area contributed by atoms with E-state index in [0.717, 1.165) is 27.6 Å². The maximum Gasteiger partial charge on any atom is 0.387 e. The number of aromatic nitrogens is 1. The van der Waals surface area contributed by atoms with Crippen molar-refractivity contribution in [3.8, 4) is 17.0 Å². The number of rotatable bonds is 5. The van der Waals surface area contributed by atoms with Crippen molar-refractivity contribution in [1.82, 2.24) is 4.98 Å².